The molecule has 1 N–H and O–H groups in total. The van der Waals surface area contributed by atoms with Gasteiger partial charge in [-0.2, -0.15) is 0 Å². The van der Waals surface area contributed by atoms with Gasteiger partial charge in [-0.15, -0.1) is 11.8 Å². The van der Waals surface area contributed by atoms with Crippen molar-refractivity contribution < 1.29 is 14.3 Å². The van der Waals surface area contributed by atoms with Crippen LogP contribution in [0.4, 0.5) is 0 Å². The molecule has 1 aromatic rings. The summed E-state index contributed by atoms with van der Waals surface area (Å²) in [5, 5.41) is 3.67. The van der Waals surface area contributed by atoms with Crippen LogP contribution in [-0.4, -0.2) is 30.3 Å². The fraction of sp³-hybridized carbons (Fsp3) is 0.556. The number of hydrogen-bond donors (Lipinski definition) is 1. The molecule has 0 heterocycles. The Labute approximate surface area is 152 Å². The van der Waals surface area contributed by atoms with Crippen LogP contribution in [-0.2, 0) is 20.1 Å². The van der Waals surface area contributed by atoms with E-state index in [4.69, 9.17) is 16.3 Å². The molecule has 132 valence electrons. The Bertz CT molecular complexity index is 567. The second-order valence-electron chi connectivity index (χ2n) is 6.18. The molecule has 6 heteroatoms. The average Bonchev–Trinajstić information content (AvgIpc) is 2.57. The molecule has 0 saturated heterocycles. The van der Waals surface area contributed by atoms with Gasteiger partial charge in [-0.05, 0) is 30.4 Å². The van der Waals surface area contributed by atoms with Crippen molar-refractivity contribution in [1.29, 1.82) is 0 Å². The molecular weight excluding hydrogens is 346 g/mol. The van der Waals surface area contributed by atoms with Crippen molar-refractivity contribution in [3.63, 3.8) is 0 Å². The first-order valence-corrected chi connectivity index (χ1v) is 9.85. The van der Waals surface area contributed by atoms with Crippen LogP contribution in [0.15, 0.2) is 24.3 Å². The molecule has 0 bridgehead atoms. The van der Waals surface area contributed by atoms with Crippen molar-refractivity contribution in [1.82, 2.24) is 5.32 Å². The molecule has 2 rings (SSSR count). The number of esters is 1. The number of halogens is 1. The second kappa shape index (κ2) is 9.94. The Kier molecular flexibility index (Phi) is 7.92. The normalized spacial score (nSPS) is 20.4. The van der Waals surface area contributed by atoms with Crippen LogP contribution >= 0.6 is 23.4 Å². The Hall–Kier alpha value is -1.20. The topological polar surface area (TPSA) is 55.4 Å². The number of carbonyl (C=O) groups is 2. The lowest BCUT2D eigenvalue weighted by atomic mass is 9.86. The summed E-state index contributed by atoms with van der Waals surface area (Å²) in [6, 6.07) is 7.75. The smallest absolute Gasteiger partial charge is 0.316 e. The highest BCUT2D eigenvalue weighted by atomic mass is 35.5. The van der Waals surface area contributed by atoms with Crippen LogP contribution in [0.25, 0.3) is 0 Å². The first-order chi connectivity index (χ1) is 11.6. The molecule has 1 amide bonds. The summed E-state index contributed by atoms with van der Waals surface area (Å²) in [6.07, 6.45) is 4.52. The highest BCUT2D eigenvalue weighted by molar-refractivity contribution is 7.99. The van der Waals surface area contributed by atoms with Crippen LogP contribution < -0.4 is 5.32 Å². The van der Waals surface area contributed by atoms with Gasteiger partial charge in [-0.3, -0.25) is 9.59 Å². The van der Waals surface area contributed by atoms with Crippen molar-refractivity contribution in [2.75, 3.05) is 12.4 Å². The maximum Gasteiger partial charge on any atom is 0.316 e. The Morgan fingerprint density at radius 3 is 2.79 bits per heavy atom. The lowest BCUT2D eigenvalue weighted by Crippen LogP contribution is -2.43. The SMILES string of the molecule is C[C@H]1CCCC[C@@H]1NC(=O)COC(=O)CSCc1ccccc1Cl. The number of rotatable bonds is 7. The zero-order valence-corrected chi connectivity index (χ0v) is 15.5. The average molecular weight is 370 g/mol. The summed E-state index contributed by atoms with van der Waals surface area (Å²) in [6.45, 7) is 1.95. The molecule has 1 aliphatic carbocycles. The number of carbonyl (C=O) groups excluding carboxylic acids is 2. The number of benzene rings is 1. The Morgan fingerprint density at radius 2 is 2.04 bits per heavy atom. The van der Waals surface area contributed by atoms with Gasteiger partial charge in [-0.25, -0.2) is 0 Å². The number of ether oxygens (including phenoxy) is 1. The fourth-order valence-electron chi connectivity index (χ4n) is 2.83. The molecule has 24 heavy (non-hydrogen) atoms. The van der Waals surface area contributed by atoms with E-state index in [2.05, 4.69) is 12.2 Å². The van der Waals surface area contributed by atoms with Gasteiger partial charge in [0.2, 0.25) is 0 Å². The summed E-state index contributed by atoms with van der Waals surface area (Å²) < 4.78 is 5.04. The third-order valence-electron chi connectivity index (χ3n) is 4.26. The van der Waals surface area contributed by atoms with Gasteiger partial charge in [0, 0.05) is 16.8 Å². The van der Waals surface area contributed by atoms with Crippen molar-refractivity contribution >= 4 is 35.2 Å². The summed E-state index contributed by atoms with van der Waals surface area (Å²) in [5.74, 6) is 0.750. The third-order valence-corrected chi connectivity index (χ3v) is 5.58. The molecule has 0 radical (unpaired) electrons. The van der Waals surface area contributed by atoms with E-state index in [1.807, 2.05) is 24.3 Å². The monoisotopic (exact) mass is 369 g/mol. The largest absolute Gasteiger partial charge is 0.455 e. The zero-order valence-electron chi connectivity index (χ0n) is 13.9. The van der Waals surface area contributed by atoms with Crippen molar-refractivity contribution in [3.05, 3.63) is 34.9 Å². The minimum atomic E-state index is -0.376. The van der Waals surface area contributed by atoms with Crippen LogP contribution in [0.3, 0.4) is 0 Å². The van der Waals surface area contributed by atoms with Crippen molar-refractivity contribution in [3.8, 4) is 0 Å². The van der Waals surface area contributed by atoms with Crippen LogP contribution in [0.1, 0.15) is 38.2 Å². The predicted molar refractivity (Wildman–Crippen MR) is 98.1 cm³/mol. The standard InChI is InChI=1S/C18H24ClNO3S/c1-13-6-2-5-9-16(13)20-17(21)10-23-18(22)12-24-11-14-7-3-4-8-15(14)19/h3-4,7-8,13,16H,2,5-6,9-12H2,1H3,(H,20,21)/t13-,16-/m0/s1. The summed E-state index contributed by atoms with van der Waals surface area (Å²) in [5.41, 5.74) is 0.987. The molecule has 0 aromatic heterocycles. The Balaban J connectivity index is 1.62. The molecule has 4 nitrogen and oxygen atoms in total. The molecule has 0 spiro atoms. The van der Waals surface area contributed by atoms with Crippen LogP contribution in [0.5, 0.6) is 0 Å². The van der Waals surface area contributed by atoms with E-state index in [0.717, 1.165) is 24.8 Å². The highest BCUT2D eigenvalue weighted by Gasteiger charge is 2.23. The van der Waals surface area contributed by atoms with E-state index in [1.54, 1.807) is 0 Å². The van der Waals surface area contributed by atoms with Gasteiger partial charge in [-0.1, -0.05) is 49.6 Å². The van der Waals surface area contributed by atoms with Crippen molar-refractivity contribution in [2.45, 2.75) is 44.4 Å². The summed E-state index contributed by atoms with van der Waals surface area (Å²) >= 11 is 7.49. The zero-order chi connectivity index (χ0) is 17.4. The molecule has 1 fully saturated rings. The van der Waals surface area contributed by atoms with E-state index in [1.165, 1.54) is 18.2 Å². The van der Waals surface area contributed by atoms with Gasteiger partial charge < -0.3 is 10.1 Å². The predicted octanol–water partition coefficient (Wildman–Crippen LogP) is 3.81. The van der Waals surface area contributed by atoms with E-state index in [0.29, 0.717) is 16.7 Å². The molecule has 1 aromatic carbocycles. The minimum absolute atomic E-state index is 0.200. The number of thioether (sulfide) groups is 1. The number of amides is 1. The lowest BCUT2D eigenvalue weighted by molar-refractivity contribution is -0.146. The summed E-state index contributed by atoms with van der Waals surface area (Å²) in [7, 11) is 0. The maximum atomic E-state index is 11.9. The molecule has 0 aliphatic heterocycles. The van der Waals surface area contributed by atoms with Crippen molar-refractivity contribution in [2.24, 2.45) is 5.92 Å². The molecule has 1 aliphatic rings. The molecular formula is C18H24ClNO3S. The molecule has 2 atom stereocenters. The highest BCUT2D eigenvalue weighted by Crippen LogP contribution is 2.23. The number of hydrogen-bond acceptors (Lipinski definition) is 4. The van der Waals surface area contributed by atoms with Gasteiger partial charge in [0.05, 0.1) is 5.75 Å². The van der Waals surface area contributed by atoms with E-state index in [-0.39, 0.29) is 30.3 Å². The van der Waals surface area contributed by atoms with E-state index in [9.17, 15) is 9.59 Å². The number of nitrogens with one attached hydrogen (secondary N) is 1. The lowest BCUT2D eigenvalue weighted by Gasteiger charge is -2.29. The second-order valence-corrected chi connectivity index (χ2v) is 7.57. The third kappa shape index (κ3) is 6.36. The van der Waals surface area contributed by atoms with Crippen LogP contribution in [0.2, 0.25) is 5.02 Å². The van der Waals surface area contributed by atoms with Gasteiger partial charge in [0.15, 0.2) is 6.61 Å². The Morgan fingerprint density at radius 1 is 1.29 bits per heavy atom. The first-order valence-electron chi connectivity index (χ1n) is 8.32. The van der Waals surface area contributed by atoms with Gasteiger partial charge >= 0.3 is 5.97 Å². The quantitative estimate of drug-likeness (QED) is 0.742. The fourth-order valence-corrected chi connectivity index (χ4v) is 3.93. The van der Waals surface area contributed by atoms with E-state index < -0.39 is 0 Å². The molecule has 1 saturated carbocycles. The maximum absolute atomic E-state index is 11.9. The van der Waals surface area contributed by atoms with Crippen LogP contribution in [0, 0.1) is 5.92 Å². The van der Waals surface area contributed by atoms with Gasteiger partial charge in [0.25, 0.3) is 5.91 Å². The van der Waals surface area contributed by atoms with Gasteiger partial charge in [0.1, 0.15) is 0 Å². The molecule has 0 unspecified atom stereocenters. The first kappa shape index (κ1) is 19.1. The van der Waals surface area contributed by atoms with E-state index >= 15 is 0 Å². The minimum Gasteiger partial charge on any atom is -0.455 e. The summed E-state index contributed by atoms with van der Waals surface area (Å²) in [4.78, 5) is 23.6.